The summed E-state index contributed by atoms with van der Waals surface area (Å²) in [5, 5.41) is 0.834. The topological polar surface area (TPSA) is 9.23 Å². The highest BCUT2D eigenvalue weighted by Crippen LogP contribution is 2.15. The highest BCUT2D eigenvalue weighted by molar-refractivity contribution is 6.31. The molecule has 1 rings (SSSR count). The van der Waals surface area contributed by atoms with Gasteiger partial charge in [-0.25, -0.2) is 0 Å². The third-order valence-electron chi connectivity index (χ3n) is 1.92. The largest absolute Gasteiger partial charge is 0.381 e. The van der Waals surface area contributed by atoms with E-state index >= 15 is 0 Å². The van der Waals surface area contributed by atoms with Crippen LogP contribution in [0.15, 0.2) is 24.3 Å². The Bertz CT molecular complexity index is 271. The molecule has 78 valence electrons. The zero-order chi connectivity index (χ0) is 10.4. The van der Waals surface area contributed by atoms with Gasteiger partial charge in [-0.05, 0) is 24.0 Å². The van der Waals surface area contributed by atoms with E-state index < -0.39 is 0 Å². The Morgan fingerprint density at radius 1 is 1.29 bits per heavy atom. The Hall–Kier alpha value is -0.530. The van der Waals surface area contributed by atoms with Gasteiger partial charge in [0.25, 0.3) is 0 Å². The molecule has 0 saturated carbocycles. The van der Waals surface area contributed by atoms with Crippen LogP contribution in [-0.4, -0.2) is 13.2 Å². The summed E-state index contributed by atoms with van der Waals surface area (Å²) in [5.41, 5.74) is 1.16. The highest BCUT2D eigenvalue weighted by Gasteiger charge is 1.99. The highest BCUT2D eigenvalue weighted by atomic mass is 35.5. The molecule has 0 unspecified atom stereocenters. The van der Waals surface area contributed by atoms with Crippen LogP contribution in [0.5, 0.6) is 0 Å². The fraction of sp³-hybridized carbons (Fsp3) is 0.500. The second-order valence-corrected chi connectivity index (χ2v) is 4.22. The fourth-order valence-electron chi connectivity index (χ4n) is 1.20. The number of hydrogen-bond donors (Lipinski definition) is 0. The third kappa shape index (κ3) is 4.12. The first-order valence-corrected chi connectivity index (χ1v) is 5.39. The van der Waals surface area contributed by atoms with Gasteiger partial charge >= 0.3 is 0 Å². The average Bonchev–Trinajstić information content (AvgIpc) is 2.15. The van der Waals surface area contributed by atoms with Gasteiger partial charge in [0.05, 0.1) is 6.61 Å². The maximum atomic E-state index is 6.01. The Balaban J connectivity index is 2.28. The van der Waals surface area contributed by atoms with Crippen molar-refractivity contribution in [3.8, 4) is 0 Å². The van der Waals surface area contributed by atoms with E-state index in [0.29, 0.717) is 5.92 Å². The van der Waals surface area contributed by atoms with E-state index in [-0.39, 0.29) is 0 Å². The molecular weight excluding hydrogens is 196 g/mol. The van der Waals surface area contributed by atoms with Crippen LogP contribution in [0.1, 0.15) is 19.4 Å². The quantitative estimate of drug-likeness (QED) is 0.679. The summed E-state index contributed by atoms with van der Waals surface area (Å²) in [7, 11) is 0. The van der Waals surface area contributed by atoms with E-state index in [2.05, 4.69) is 13.8 Å². The fourth-order valence-corrected chi connectivity index (χ4v) is 1.43. The Morgan fingerprint density at radius 2 is 2.00 bits per heavy atom. The summed E-state index contributed by atoms with van der Waals surface area (Å²) in [6, 6.07) is 7.91. The summed E-state index contributed by atoms with van der Waals surface area (Å²) in [6.45, 7) is 5.87. The van der Waals surface area contributed by atoms with Crippen LogP contribution in [0.4, 0.5) is 0 Å². The van der Waals surface area contributed by atoms with Crippen molar-refractivity contribution in [1.82, 2.24) is 0 Å². The maximum absolute atomic E-state index is 6.01. The molecule has 14 heavy (non-hydrogen) atoms. The first-order chi connectivity index (χ1) is 6.70. The standard InChI is InChI=1S/C12H17ClO/c1-10(2)9-14-8-7-11-5-3-4-6-12(11)13/h3-6,10H,7-9H2,1-2H3. The van der Waals surface area contributed by atoms with E-state index in [1.165, 1.54) is 0 Å². The van der Waals surface area contributed by atoms with Crippen LogP contribution in [0.2, 0.25) is 5.02 Å². The minimum Gasteiger partial charge on any atom is -0.381 e. The van der Waals surface area contributed by atoms with Crippen LogP contribution in [0, 0.1) is 5.92 Å². The SMILES string of the molecule is CC(C)COCCc1ccccc1Cl. The normalized spacial score (nSPS) is 10.9. The van der Waals surface area contributed by atoms with Crippen molar-refractivity contribution in [3.63, 3.8) is 0 Å². The molecule has 0 N–H and O–H groups in total. The molecule has 0 fully saturated rings. The lowest BCUT2D eigenvalue weighted by atomic mass is 10.2. The van der Waals surface area contributed by atoms with E-state index in [1.807, 2.05) is 24.3 Å². The molecule has 0 bridgehead atoms. The van der Waals surface area contributed by atoms with E-state index in [9.17, 15) is 0 Å². The number of ether oxygens (including phenoxy) is 1. The minimum atomic E-state index is 0.598. The Labute approximate surface area is 91.0 Å². The smallest absolute Gasteiger partial charge is 0.0507 e. The summed E-state index contributed by atoms with van der Waals surface area (Å²) in [5.74, 6) is 0.598. The second-order valence-electron chi connectivity index (χ2n) is 3.81. The lowest BCUT2D eigenvalue weighted by Gasteiger charge is -2.07. The molecule has 0 aromatic heterocycles. The van der Waals surface area contributed by atoms with Crippen molar-refractivity contribution >= 4 is 11.6 Å². The predicted molar refractivity (Wildman–Crippen MR) is 60.8 cm³/mol. The van der Waals surface area contributed by atoms with Gasteiger partial charge in [-0.3, -0.25) is 0 Å². The average molecular weight is 213 g/mol. The van der Waals surface area contributed by atoms with Gasteiger partial charge in [0.1, 0.15) is 0 Å². The summed E-state index contributed by atoms with van der Waals surface area (Å²) < 4.78 is 5.50. The van der Waals surface area contributed by atoms with Crippen LogP contribution >= 0.6 is 11.6 Å². The summed E-state index contributed by atoms with van der Waals surface area (Å²) >= 11 is 6.01. The Morgan fingerprint density at radius 3 is 2.64 bits per heavy atom. The minimum absolute atomic E-state index is 0.598. The number of benzene rings is 1. The molecule has 1 aromatic rings. The van der Waals surface area contributed by atoms with Gasteiger partial charge in [0, 0.05) is 11.6 Å². The van der Waals surface area contributed by atoms with Gasteiger partial charge in [-0.15, -0.1) is 0 Å². The first kappa shape index (κ1) is 11.5. The summed E-state index contributed by atoms with van der Waals surface area (Å²) in [6.07, 6.45) is 0.895. The number of halogens is 1. The van der Waals surface area contributed by atoms with Gasteiger partial charge in [-0.2, -0.15) is 0 Å². The zero-order valence-corrected chi connectivity index (χ0v) is 9.55. The van der Waals surface area contributed by atoms with Crippen LogP contribution in [0.3, 0.4) is 0 Å². The van der Waals surface area contributed by atoms with E-state index in [1.54, 1.807) is 0 Å². The molecule has 0 saturated heterocycles. The number of rotatable bonds is 5. The van der Waals surface area contributed by atoms with Crippen molar-refractivity contribution in [2.45, 2.75) is 20.3 Å². The molecule has 0 radical (unpaired) electrons. The molecule has 0 heterocycles. The van der Waals surface area contributed by atoms with Crippen LogP contribution in [0.25, 0.3) is 0 Å². The lowest BCUT2D eigenvalue weighted by molar-refractivity contribution is 0.112. The molecule has 0 spiro atoms. The van der Waals surface area contributed by atoms with Crippen molar-refractivity contribution in [3.05, 3.63) is 34.9 Å². The Kier molecular flexibility index (Phi) is 4.99. The molecule has 0 aliphatic carbocycles. The van der Waals surface area contributed by atoms with Gasteiger partial charge in [0.2, 0.25) is 0 Å². The molecule has 1 aromatic carbocycles. The molecule has 0 aliphatic heterocycles. The second kappa shape index (κ2) is 6.05. The third-order valence-corrected chi connectivity index (χ3v) is 2.29. The van der Waals surface area contributed by atoms with Crippen molar-refractivity contribution in [2.75, 3.05) is 13.2 Å². The first-order valence-electron chi connectivity index (χ1n) is 5.01. The monoisotopic (exact) mass is 212 g/mol. The van der Waals surface area contributed by atoms with E-state index in [0.717, 1.165) is 30.2 Å². The predicted octanol–water partition coefficient (Wildman–Crippen LogP) is 3.56. The van der Waals surface area contributed by atoms with Crippen molar-refractivity contribution in [1.29, 1.82) is 0 Å². The molecular formula is C12H17ClO. The molecule has 0 amide bonds. The summed E-state index contributed by atoms with van der Waals surface area (Å²) in [4.78, 5) is 0. The van der Waals surface area contributed by atoms with E-state index in [4.69, 9.17) is 16.3 Å². The molecule has 0 aliphatic rings. The van der Waals surface area contributed by atoms with Gasteiger partial charge in [0.15, 0.2) is 0 Å². The molecule has 0 atom stereocenters. The molecule has 2 heteroatoms. The maximum Gasteiger partial charge on any atom is 0.0507 e. The lowest BCUT2D eigenvalue weighted by Crippen LogP contribution is -2.05. The number of hydrogen-bond acceptors (Lipinski definition) is 1. The van der Waals surface area contributed by atoms with Crippen molar-refractivity contribution in [2.24, 2.45) is 5.92 Å². The molecule has 1 nitrogen and oxygen atoms in total. The van der Waals surface area contributed by atoms with Crippen molar-refractivity contribution < 1.29 is 4.74 Å². The van der Waals surface area contributed by atoms with Gasteiger partial charge < -0.3 is 4.74 Å². The van der Waals surface area contributed by atoms with Gasteiger partial charge in [-0.1, -0.05) is 43.6 Å². The van der Waals surface area contributed by atoms with Crippen LogP contribution < -0.4 is 0 Å². The van der Waals surface area contributed by atoms with Crippen LogP contribution in [-0.2, 0) is 11.2 Å². The zero-order valence-electron chi connectivity index (χ0n) is 8.79.